The number of pyridine rings is 1. The number of hydrogen-bond acceptors (Lipinski definition) is 6. The minimum atomic E-state index is -0.237. The molecule has 0 unspecified atom stereocenters. The molecule has 3 heterocycles. The van der Waals surface area contributed by atoms with E-state index < -0.39 is 0 Å². The van der Waals surface area contributed by atoms with E-state index in [2.05, 4.69) is 10.1 Å². The number of anilines is 1. The van der Waals surface area contributed by atoms with Crippen LogP contribution in [0.1, 0.15) is 40.9 Å². The van der Waals surface area contributed by atoms with Gasteiger partial charge in [0.25, 0.3) is 0 Å². The van der Waals surface area contributed by atoms with Crippen molar-refractivity contribution in [3.8, 4) is 0 Å². The Balaban J connectivity index is 1.63. The first-order chi connectivity index (χ1) is 11.9. The maximum absolute atomic E-state index is 12.6. The second-order valence-electron chi connectivity index (χ2n) is 6.47. The van der Waals surface area contributed by atoms with E-state index in [-0.39, 0.29) is 12.0 Å². The summed E-state index contributed by atoms with van der Waals surface area (Å²) in [6, 6.07) is 3.63. The molecule has 0 aromatic carbocycles. The molecule has 2 aromatic rings. The molecule has 7 nitrogen and oxygen atoms in total. The first-order valence-corrected chi connectivity index (χ1v) is 8.49. The number of aromatic nitrogens is 2. The van der Waals surface area contributed by atoms with Gasteiger partial charge in [0.2, 0.25) is 5.91 Å². The lowest BCUT2D eigenvalue weighted by molar-refractivity contribution is -0.139. The van der Waals surface area contributed by atoms with E-state index >= 15 is 0 Å². The molecule has 0 radical (unpaired) electrons. The lowest BCUT2D eigenvalue weighted by atomic mass is 10.1. The third-order valence-corrected chi connectivity index (χ3v) is 4.51. The molecule has 0 saturated carbocycles. The third kappa shape index (κ3) is 3.99. The first kappa shape index (κ1) is 17.4. The average molecular weight is 344 g/mol. The largest absolute Gasteiger partial charge is 0.399 e. The number of amides is 1. The van der Waals surface area contributed by atoms with E-state index in [1.165, 1.54) is 0 Å². The molecule has 1 saturated heterocycles. The van der Waals surface area contributed by atoms with Crippen molar-refractivity contribution in [1.82, 2.24) is 15.0 Å². The fraction of sp³-hybridized carbons (Fsp3) is 0.500. The first-order valence-electron chi connectivity index (χ1n) is 8.49. The highest BCUT2D eigenvalue weighted by molar-refractivity contribution is 5.76. The molecule has 1 amide bonds. The highest BCUT2D eigenvalue weighted by atomic mass is 16.5. The Kier molecular flexibility index (Phi) is 5.03. The van der Waals surface area contributed by atoms with E-state index in [4.69, 9.17) is 15.0 Å². The van der Waals surface area contributed by atoms with Crippen molar-refractivity contribution in [2.45, 2.75) is 39.7 Å². The molecule has 0 spiro atoms. The van der Waals surface area contributed by atoms with E-state index in [0.29, 0.717) is 38.2 Å². The van der Waals surface area contributed by atoms with Gasteiger partial charge in [-0.15, -0.1) is 0 Å². The maximum Gasteiger partial charge on any atom is 0.223 e. The highest BCUT2D eigenvalue weighted by Crippen LogP contribution is 2.24. The second kappa shape index (κ2) is 7.23. The van der Waals surface area contributed by atoms with Gasteiger partial charge in [-0.2, -0.15) is 0 Å². The smallest absolute Gasteiger partial charge is 0.223 e. The maximum atomic E-state index is 12.6. The number of ether oxygens (including phenoxy) is 1. The lowest BCUT2D eigenvalue weighted by Gasteiger charge is -2.33. The predicted octanol–water partition coefficient (Wildman–Crippen LogP) is 2.11. The van der Waals surface area contributed by atoms with Crippen LogP contribution in [0.2, 0.25) is 0 Å². The summed E-state index contributed by atoms with van der Waals surface area (Å²) >= 11 is 0. The monoisotopic (exact) mass is 344 g/mol. The minimum Gasteiger partial charge on any atom is -0.399 e. The molecule has 3 rings (SSSR count). The van der Waals surface area contributed by atoms with E-state index in [9.17, 15) is 4.79 Å². The van der Waals surface area contributed by atoms with Crippen molar-refractivity contribution in [3.63, 3.8) is 0 Å². The van der Waals surface area contributed by atoms with Crippen LogP contribution in [-0.2, 0) is 16.0 Å². The van der Waals surface area contributed by atoms with Gasteiger partial charge in [0.15, 0.2) is 0 Å². The number of carbonyl (C=O) groups is 1. The molecule has 1 aliphatic heterocycles. The molecule has 1 aliphatic rings. The zero-order chi connectivity index (χ0) is 18.0. The average Bonchev–Trinajstić information content (AvgIpc) is 2.90. The third-order valence-electron chi connectivity index (χ3n) is 4.51. The summed E-state index contributed by atoms with van der Waals surface area (Å²) in [5.41, 5.74) is 10.1. The fourth-order valence-electron chi connectivity index (χ4n) is 3.19. The summed E-state index contributed by atoms with van der Waals surface area (Å²) < 4.78 is 11.0. The van der Waals surface area contributed by atoms with Gasteiger partial charge in [-0.3, -0.25) is 9.78 Å². The molecule has 134 valence electrons. The number of carbonyl (C=O) groups excluding carboxylic acids is 1. The number of aryl methyl sites for hydroxylation is 3. The predicted molar refractivity (Wildman–Crippen MR) is 93.0 cm³/mol. The molecule has 7 heteroatoms. The second-order valence-corrected chi connectivity index (χ2v) is 6.47. The van der Waals surface area contributed by atoms with Crippen LogP contribution >= 0.6 is 0 Å². The van der Waals surface area contributed by atoms with Crippen molar-refractivity contribution in [1.29, 1.82) is 0 Å². The number of nitrogen functional groups attached to an aromatic ring is 1. The number of morpholine rings is 1. The van der Waals surface area contributed by atoms with Crippen molar-refractivity contribution in [2.75, 3.05) is 25.4 Å². The molecule has 2 aromatic heterocycles. The van der Waals surface area contributed by atoms with Crippen LogP contribution in [0, 0.1) is 20.8 Å². The van der Waals surface area contributed by atoms with Crippen molar-refractivity contribution < 1.29 is 14.1 Å². The number of hydrogen-bond donors (Lipinski definition) is 1. The molecule has 1 atom stereocenters. The van der Waals surface area contributed by atoms with Crippen LogP contribution in [0.3, 0.4) is 0 Å². The Labute approximate surface area is 147 Å². The molecular weight excluding hydrogens is 320 g/mol. The van der Waals surface area contributed by atoms with Gasteiger partial charge in [0.05, 0.1) is 24.5 Å². The van der Waals surface area contributed by atoms with Crippen LogP contribution in [0.4, 0.5) is 5.69 Å². The Morgan fingerprint density at radius 1 is 1.36 bits per heavy atom. The quantitative estimate of drug-likeness (QED) is 0.913. The summed E-state index contributed by atoms with van der Waals surface area (Å²) in [7, 11) is 0. The van der Waals surface area contributed by atoms with Gasteiger partial charge in [0, 0.05) is 29.9 Å². The molecule has 2 N–H and O–H groups in total. The summed E-state index contributed by atoms with van der Waals surface area (Å²) in [6.07, 6.45) is 0.829. The van der Waals surface area contributed by atoms with Gasteiger partial charge in [-0.25, -0.2) is 0 Å². The van der Waals surface area contributed by atoms with Crippen molar-refractivity contribution in [3.05, 3.63) is 40.5 Å². The van der Waals surface area contributed by atoms with Gasteiger partial charge in [0.1, 0.15) is 11.9 Å². The molecule has 1 fully saturated rings. The van der Waals surface area contributed by atoms with Crippen LogP contribution in [0.15, 0.2) is 16.7 Å². The van der Waals surface area contributed by atoms with Crippen LogP contribution < -0.4 is 5.73 Å². The van der Waals surface area contributed by atoms with Gasteiger partial charge in [-0.05, 0) is 39.3 Å². The van der Waals surface area contributed by atoms with E-state index in [1.54, 1.807) is 0 Å². The van der Waals surface area contributed by atoms with E-state index in [1.807, 2.05) is 37.8 Å². The summed E-state index contributed by atoms with van der Waals surface area (Å²) in [4.78, 5) is 18.9. The van der Waals surface area contributed by atoms with Crippen molar-refractivity contribution in [2.24, 2.45) is 0 Å². The van der Waals surface area contributed by atoms with Crippen molar-refractivity contribution >= 4 is 11.6 Å². The SMILES string of the molecule is Cc1cc(N)cc([C@H]2CN(C(=O)CCc3c(C)noc3C)CCO2)n1. The normalized spacial score (nSPS) is 17.7. The van der Waals surface area contributed by atoms with E-state index in [0.717, 1.165) is 28.4 Å². The molecule has 25 heavy (non-hydrogen) atoms. The van der Waals surface area contributed by atoms with Crippen LogP contribution in [0.25, 0.3) is 0 Å². The summed E-state index contributed by atoms with van der Waals surface area (Å²) in [5, 5.41) is 3.93. The topological polar surface area (TPSA) is 94.5 Å². The number of rotatable bonds is 4. The van der Waals surface area contributed by atoms with Crippen LogP contribution in [-0.4, -0.2) is 40.6 Å². The Bertz CT molecular complexity index is 732. The Hall–Kier alpha value is -2.41. The number of nitrogens with zero attached hydrogens (tertiary/aromatic N) is 3. The number of nitrogens with two attached hydrogens (primary N) is 1. The van der Waals surface area contributed by atoms with Gasteiger partial charge >= 0.3 is 0 Å². The zero-order valence-corrected chi connectivity index (χ0v) is 14.9. The summed E-state index contributed by atoms with van der Waals surface area (Å²) in [6.45, 7) is 7.26. The molecule has 0 aliphatic carbocycles. The van der Waals surface area contributed by atoms with Crippen LogP contribution in [0.5, 0.6) is 0 Å². The Morgan fingerprint density at radius 3 is 2.84 bits per heavy atom. The molecular formula is C18H24N4O3. The minimum absolute atomic E-state index is 0.105. The Morgan fingerprint density at radius 2 is 2.16 bits per heavy atom. The lowest BCUT2D eigenvalue weighted by Crippen LogP contribution is -2.42. The molecule has 0 bridgehead atoms. The van der Waals surface area contributed by atoms with Gasteiger partial charge < -0.3 is 19.9 Å². The zero-order valence-electron chi connectivity index (χ0n) is 14.9. The highest BCUT2D eigenvalue weighted by Gasteiger charge is 2.26. The summed E-state index contributed by atoms with van der Waals surface area (Å²) in [5.74, 6) is 0.888. The fourth-order valence-corrected chi connectivity index (χ4v) is 3.19. The van der Waals surface area contributed by atoms with Gasteiger partial charge in [-0.1, -0.05) is 5.16 Å². The standard InChI is InChI=1S/C18H24N4O3/c1-11-8-14(19)9-16(20-11)17-10-22(6-7-24-17)18(23)5-4-15-12(2)21-25-13(15)3/h8-9,17H,4-7,10H2,1-3H3,(H2,19,20)/t17-/m1/s1.